The van der Waals surface area contributed by atoms with Gasteiger partial charge < -0.3 is 35.9 Å². The van der Waals surface area contributed by atoms with Crippen molar-refractivity contribution in [3.05, 3.63) is 46.8 Å². The molecule has 2 amide bonds. The number of anilines is 2. The number of benzene rings is 1. The Hall–Kier alpha value is -2.77. The van der Waals surface area contributed by atoms with Crippen LogP contribution in [0.1, 0.15) is 52.8 Å². The lowest BCUT2D eigenvalue weighted by Crippen LogP contribution is -2.47. The van der Waals surface area contributed by atoms with Gasteiger partial charge in [0.25, 0.3) is 0 Å². The van der Waals surface area contributed by atoms with Crippen molar-refractivity contribution in [2.24, 2.45) is 0 Å². The molecule has 12 heteroatoms. The summed E-state index contributed by atoms with van der Waals surface area (Å²) in [7, 11) is 1.50. The van der Waals surface area contributed by atoms with Crippen LogP contribution in [0.4, 0.5) is 16.3 Å². The molecule has 0 saturated heterocycles. The number of aromatic nitrogens is 3. The lowest BCUT2D eigenvalue weighted by atomic mass is 9.87. The monoisotopic (exact) mass is 619 g/mol. The Morgan fingerprint density at radius 1 is 1.20 bits per heavy atom. The molecule has 0 aliphatic heterocycles. The molecule has 40 heavy (non-hydrogen) atoms. The first-order chi connectivity index (χ1) is 18.8. The van der Waals surface area contributed by atoms with E-state index in [4.69, 9.17) is 10.5 Å². The Morgan fingerprint density at radius 2 is 1.88 bits per heavy atom. The predicted molar refractivity (Wildman–Crippen MR) is 161 cm³/mol. The van der Waals surface area contributed by atoms with Crippen molar-refractivity contribution in [1.29, 1.82) is 0 Å². The van der Waals surface area contributed by atoms with Gasteiger partial charge in [-0.1, -0.05) is 32.9 Å². The van der Waals surface area contributed by atoms with Crippen molar-refractivity contribution in [2.45, 2.75) is 70.9 Å². The zero-order valence-electron chi connectivity index (χ0n) is 24.1. The van der Waals surface area contributed by atoms with E-state index in [-0.39, 0.29) is 23.3 Å². The number of nitrogen functional groups attached to an aromatic ring is 1. The van der Waals surface area contributed by atoms with Crippen molar-refractivity contribution < 1.29 is 19.7 Å². The lowest BCUT2D eigenvalue weighted by Gasteiger charge is -2.34. The highest BCUT2D eigenvalue weighted by molar-refractivity contribution is 9.10. The number of ether oxygens (including phenoxy) is 1. The fourth-order valence-corrected chi connectivity index (χ4v) is 5.05. The molecule has 3 unspecified atom stereocenters. The summed E-state index contributed by atoms with van der Waals surface area (Å²) in [5.74, 6) is 0.271. The highest BCUT2D eigenvalue weighted by atomic mass is 79.9. The minimum atomic E-state index is -1.33. The Kier molecular flexibility index (Phi) is 10.9. The number of aliphatic hydroxyl groups is 2. The van der Waals surface area contributed by atoms with Gasteiger partial charge in [-0.05, 0) is 59.3 Å². The third-order valence-corrected chi connectivity index (χ3v) is 7.53. The zero-order chi connectivity index (χ0) is 29.6. The number of methoxy groups -OCH3 is 1. The number of aliphatic hydroxyl groups excluding tert-OH is 2. The summed E-state index contributed by atoms with van der Waals surface area (Å²) in [4.78, 5) is 22.7. The molecule has 6 N–H and O–H groups in total. The van der Waals surface area contributed by atoms with Gasteiger partial charge >= 0.3 is 6.03 Å². The molecule has 0 saturated carbocycles. The predicted octanol–water partition coefficient (Wildman–Crippen LogP) is 3.86. The standard InChI is InChI=1S/C28H42BrN7O4/c1-17(2)35(13-7-12-31-27(39)34-19-10-8-18(9-11-19)28(3,4)5)15-21(40-6)23(37)26(38)36-14-20(29)22-24(30)32-16-33-25(22)36/h8-11,14,16-17,21,23,26,37-38H,7,12-13,15H2,1-6H3,(H2,30,32,33)(H2,31,34,39). The molecule has 0 fully saturated rings. The summed E-state index contributed by atoms with van der Waals surface area (Å²) in [5.41, 5.74) is 8.36. The fraction of sp³-hybridized carbons (Fsp3) is 0.536. The van der Waals surface area contributed by atoms with E-state index < -0.39 is 18.4 Å². The second-order valence-electron chi connectivity index (χ2n) is 11.2. The molecular formula is C28H42BrN7O4. The number of hydrogen-bond acceptors (Lipinski definition) is 8. The number of nitrogens with zero attached hydrogens (tertiary/aromatic N) is 4. The minimum Gasteiger partial charge on any atom is -0.386 e. The molecule has 0 spiro atoms. The van der Waals surface area contributed by atoms with Crippen LogP contribution in [0.25, 0.3) is 11.0 Å². The Bertz CT molecular complexity index is 1260. The van der Waals surface area contributed by atoms with E-state index in [9.17, 15) is 15.0 Å². The number of halogens is 1. The van der Waals surface area contributed by atoms with Crippen molar-refractivity contribution in [1.82, 2.24) is 24.8 Å². The van der Waals surface area contributed by atoms with E-state index in [1.54, 1.807) is 6.20 Å². The molecule has 220 valence electrons. The number of urea groups is 1. The molecule has 3 rings (SSSR count). The normalized spacial score (nSPS) is 14.5. The van der Waals surface area contributed by atoms with Crippen LogP contribution >= 0.6 is 15.9 Å². The summed E-state index contributed by atoms with van der Waals surface area (Å²) in [6.45, 7) is 12.0. The summed E-state index contributed by atoms with van der Waals surface area (Å²) in [6.07, 6.45) is 0.343. The van der Waals surface area contributed by atoms with Crippen molar-refractivity contribution in [3.63, 3.8) is 0 Å². The Morgan fingerprint density at radius 3 is 2.48 bits per heavy atom. The zero-order valence-corrected chi connectivity index (χ0v) is 25.6. The van der Waals surface area contributed by atoms with Crippen molar-refractivity contribution >= 4 is 44.5 Å². The van der Waals surface area contributed by atoms with Gasteiger partial charge in [-0.15, -0.1) is 0 Å². The topological polar surface area (TPSA) is 151 Å². The molecule has 3 aromatic rings. The summed E-state index contributed by atoms with van der Waals surface area (Å²) in [5, 5.41) is 28.4. The smallest absolute Gasteiger partial charge is 0.319 e. The maximum Gasteiger partial charge on any atom is 0.319 e. The van der Waals surface area contributed by atoms with E-state index in [2.05, 4.69) is 62.2 Å². The van der Waals surface area contributed by atoms with E-state index in [0.717, 1.165) is 5.69 Å². The maximum atomic E-state index is 12.4. The second-order valence-corrected chi connectivity index (χ2v) is 12.0. The number of amides is 2. The summed E-state index contributed by atoms with van der Waals surface area (Å²) < 4.78 is 7.67. The number of fused-ring (bicyclic) bond motifs is 1. The SMILES string of the molecule is COC(CN(CCCNC(=O)Nc1ccc(C(C)(C)C)cc1)C(C)C)C(O)C(O)n1cc(Br)c2c(N)ncnc21. The van der Waals surface area contributed by atoms with Crippen LogP contribution in [0, 0.1) is 0 Å². The number of nitrogens with one attached hydrogen (secondary N) is 2. The molecular weight excluding hydrogens is 578 g/mol. The van der Waals surface area contributed by atoms with Crippen LogP contribution < -0.4 is 16.4 Å². The van der Waals surface area contributed by atoms with Gasteiger partial charge in [0.15, 0.2) is 6.23 Å². The van der Waals surface area contributed by atoms with Crippen molar-refractivity contribution in [2.75, 3.05) is 37.8 Å². The summed E-state index contributed by atoms with van der Waals surface area (Å²) >= 11 is 3.43. The van der Waals surface area contributed by atoms with Gasteiger partial charge in [0.05, 0.1) is 5.39 Å². The number of hydrogen-bond donors (Lipinski definition) is 5. The van der Waals surface area contributed by atoms with Gasteiger partial charge in [-0.3, -0.25) is 4.90 Å². The van der Waals surface area contributed by atoms with E-state index in [1.165, 1.54) is 23.6 Å². The van der Waals surface area contributed by atoms with E-state index >= 15 is 0 Å². The molecule has 2 heterocycles. The number of nitrogens with two attached hydrogens (primary N) is 1. The quantitative estimate of drug-likeness (QED) is 0.192. The van der Waals surface area contributed by atoms with Crippen LogP contribution in [0.3, 0.4) is 0 Å². The third kappa shape index (κ3) is 7.91. The molecule has 2 aromatic heterocycles. The molecule has 0 radical (unpaired) electrons. The van der Waals surface area contributed by atoms with Gasteiger partial charge in [0.1, 0.15) is 30.0 Å². The third-order valence-electron chi connectivity index (χ3n) is 6.93. The number of carbonyl (C=O) groups excluding carboxylic acids is 1. The first-order valence-corrected chi connectivity index (χ1v) is 14.2. The molecule has 0 bridgehead atoms. The second kappa shape index (κ2) is 13.7. The first kappa shape index (κ1) is 31.8. The van der Waals surface area contributed by atoms with E-state index in [1.807, 2.05) is 38.1 Å². The highest BCUT2D eigenvalue weighted by Crippen LogP contribution is 2.31. The van der Waals surface area contributed by atoms with Gasteiger partial charge in [0.2, 0.25) is 0 Å². The van der Waals surface area contributed by atoms with Crippen LogP contribution in [-0.4, -0.2) is 80.7 Å². The average Bonchev–Trinajstić information content (AvgIpc) is 3.24. The Balaban J connectivity index is 1.53. The van der Waals surface area contributed by atoms with Crippen LogP contribution in [0.15, 0.2) is 41.3 Å². The minimum absolute atomic E-state index is 0.0519. The first-order valence-electron chi connectivity index (χ1n) is 13.4. The Labute approximate surface area is 244 Å². The van der Waals surface area contributed by atoms with Crippen LogP contribution in [0.2, 0.25) is 0 Å². The lowest BCUT2D eigenvalue weighted by molar-refractivity contribution is -0.111. The fourth-order valence-electron chi connectivity index (χ4n) is 4.45. The average molecular weight is 621 g/mol. The molecule has 11 nitrogen and oxygen atoms in total. The molecule has 3 atom stereocenters. The molecule has 0 aliphatic rings. The molecule has 1 aromatic carbocycles. The van der Waals surface area contributed by atoms with E-state index in [0.29, 0.717) is 41.6 Å². The van der Waals surface area contributed by atoms with Crippen molar-refractivity contribution in [3.8, 4) is 0 Å². The molecule has 0 aliphatic carbocycles. The number of carbonyl (C=O) groups is 1. The summed E-state index contributed by atoms with van der Waals surface area (Å²) in [6, 6.07) is 7.74. The van der Waals surface area contributed by atoms with Crippen LogP contribution in [0.5, 0.6) is 0 Å². The van der Waals surface area contributed by atoms with Crippen LogP contribution in [-0.2, 0) is 10.2 Å². The van der Waals surface area contributed by atoms with Gasteiger partial charge in [-0.2, -0.15) is 0 Å². The van der Waals surface area contributed by atoms with Gasteiger partial charge in [0, 0.05) is 49.1 Å². The highest BCUT2D eigenvalue weighted by Gasteiger charge is 2.31. The van der Waals surface area contributed by atoms with Gasteiger partial charge in [-0.25, -0.2) is 14.8 Å². The number of rotatable bonds is 12. The largest absolute Gasteiger partial charge is 0.386 e. The maximum absolute atomic E-state index is 12.4.